The van der Waals surface area contributed by atoms with Crippen LogP contribution in [0.1, 0.15) is 34.3 Å². The van der Waals surface area contributed by atoms with E-state index in [1.54, 1.807) is 0 Å². The average molecular weight is 388 g/mol. The third kappa shape index (κ3) is 3.84. The number of methoxy groups -OCH3 is 1. The number of carbonyl (C=O) groups is 1. The summed E-state index contributed by atoms with van der Waals surface area (Å²) >= 11 is 0. The first-order valence-corrected chi connectivity index (χ1v) is 10.3. The highest BCUT2D eigenvalue weighted by Gasteiger charge is 2.28. The van der Waals surface area contributed by atoms with Crippen molar-refractivity contribution in [2.24, 2.45) is 0 Å². The number of ether oxygens (including phenoxy) is 1. The summed E-state index contributed by atoms with van der Waals surface area (Å²) in [6, 6.07) is 10.1. The lowest BCUT2D eigenvalue weighted by molar-refractivity contribution is 0.102. The molecule has 0 unspecified atom stereocenters. The molecule has 1 fully saturated rings. The predicted molar refractivity (Wildman–Crippen MR) is 105 cm³/mol. The molecule has 2 aromatic rings. The molecule has 0 spiro atoms. The van der Waals surface area contributed by atoms with Gasteiger partial charge in [-0.15, -0.1) is 0 Å². The number of nitrogens with zero attached hydrogens (tertiary/aromatic N) is 1. The maximum absolute atomic E-state index is 12.9. The maximum atomic E-state index is 12.9. The number of carbonyl (C=O) groups excluding carboxylic acids is 1. The van der Waals surface area contributed by atoms with Gasteiger partial charge < -0.3 is 10.1 Å². The minimum absolute atomic E-state index is 0.108. The molecule has 0 bridgehead atoms. The van der Waals surface area contributed by atoms with Crippen LogP contribution < -0.4 is 10.1 Å². The van der Waals surface area contributed by atoms with Crippen molar-refractivity contribution in [3.05, 3.63) is 53.1 Å². The molecule has 0 aliphatic carbocycles. The predicted octanol–water partition coefficient (Wildman–Crippen LogP) is 3.35. The number of amides is 1. The van der Waals surface area contributed by atoms with Gasteiger partial charge in [-0.25, -0.2) is 8.42 Å². The molecule has 1 heterocycles. The van der Waals surface area contributed by atoms with Crippen molar-refractivity contribution < 1.29 is 17.9 Å². The third-order valence-corrected chi connectivity index (χ3v) is 6.87. The van der Waals surface area contributed by atoms with Gasteiger partial charge in [0.15, 0.2) is 0 Å². The summed E-state index contributed by atoms with van der Waals surface area (Å²) in [7, 11) is -2.15. The van der Waals surface area contributed by atoms with E-state index in [1.165, 1.54) is 29.6 Å². The lowest BCUT2D eigenvalue weighted by Gasteiger charge is -2.17. The monoisotopic (exact) mass is 388 g/mol. The Hall–Kier alpha value is -2.38. The van der Waals surface area contributed by atoms with Gasteiger partial charge in [-0.3, -0.25) is 4.79 Å². The van der Waals surface area contributed by atoms with Gasteiger partial charge in [0.05, 0.1) is 17.6 Å². The largest absolute Gasteiger partial charge is 0.496 e. The number of hydrogen-bond acceptors (Lipinski definition) is 4. The summed E-state index contributed by atoms with van der Waals surface area (Å²) in [5.41, 5.74) is 2.91. The number of benzene rings is 2. The Morgan fingerprint density at radius 2 is 1.81 bits per heavy atom. The molecule has 1 aliphatic rings. The van der Waals surface area contributed by atoms with Crippen molar-refractivity contribution in [2.45, 2.75) is 31.6 Å². The average Bonchev–Trinajstić information content (AvgIpc) is 3.20. The van der Waals surface area contributed by atoms with E-state index in [9.17, 15) is 13.2 Å². The summed E-state index contributed by atoms with van der Waals surface area (Å²) in [5, 5.41) is 2.86. The molecule has 0 saturated carbocycles. The fourth-order valence-electron chi connectivity index (χ4n) is 3.18. The van der Waals surface area contributed by atoms with Crippen LogP contribution in [0.3, 0.4) is 0 Å². The number of anilines is 1. The van der Waals surface area contributed by atoms with Crippen LogP contribution in [0.2, 0.25) is 0 Å². The van der Waals surface area contributed by atoms with E-state index in [4.69, 9.17) is 4.74 Å². The fraction of sp³-hybridized carbons (Fsp3) is 0.350. The lowest BCUT2D eigenvalue weighted by atomic mass is 10.1. The van der Waals surface area contributed by atoms with E-state index in [0.717, 1.165) is 24.0 Å². The van der Waals surface area contributed by atoms with Crippen LogP contribution in [0.15, 0.2) is 41.3 Å². The molecule has 6 nitrogen and oxygen atoms in total. The number of aryl methyl sites for hydroxylation is 1. The number of rotatable bonds is 5. The highest BCUT2D eigenvalue weighted by Crippen LogP contribution is 2.28. The molecule has 1 amide bonds. The number of nitrogens with one attached hydrogen (secondary N) is 1. The van der Waals surface area contributed by atoms with Crippen molar-refractivity contribution in [3.63, 3.8) is 0 Å². The standard InChI is InChI=1S/C20H24N2O4S/c1-14-7-6-8-18(15(14)2)21-20(23)17-13-16(9-10-19(17)26-3)27(24,25)22-11-4-5-12-22/h6-10,13H,4-5,11-12H2,1-3H3,(H,21,23). The molecule has 1 N–H and O–H groups in total. The van der Waals surface area contributed by atoms with Crippen LogP contribution in [-0.2, 0) is 10.0 Å². The summed E-state index contributed by atoms with van der Waals surface area (Å²) in [5.74, 6) is -0.0720. The Balaban J connectivity index is 1.96. The van der Waals surface area contributed by atoms with Crippen LogP contribution in [0.5, 0.6) is 5.75 Å². The molecule has 0 atom stereocenters. The summed E-state index contributed by atoms with van der Waals surface area (Å²) in [6.45, 7) is 4.92. The SMILES string of the molecule is COc1ccc(S(=O)(=O)N2CCCC2)cc1C(=O)Nc1cccc(C)c1C. The second-order valence-corrected chi connectivity index (χ2v) is 8.61. The first kappa shape index (κ1) is 19.4. The van der Waals surface area contributed by atoms with Gasteiger partial charge in [0.2, 0.25) is 10.0 Å². The minimum Gasteiger partial charge on any atom is -0.496 e. The molecule has 7 heteroatoms. The minimum atomic E-state index is -3.61. The summed E-state index contributed by atoms with van der Waals surface area (Å²) in [4.78, 5) is 13.0. The number of hydrogen-bond donors (Lipinski definition) is 1. The first-order valence-electron chi connectivity index (χ1n) is 8.90. The van der Waals surface area contributed by atoms with Crippen LogP contribution in [-0.4, -0.2) is 38.8 Å². The van der Waals surface area contributed by atoms with E-state index < -0.39 is 15.9 Å². The molecule has 1 saturated heterocycles. The van der Waals surface area contributed by atoms with Crippen molar-refractivity contribution in [1.29, 1.82) is 0 Å². The Morgan fingerprint density at radius 3 is 2.48 bits per heavy atom. The zero-order chi connectivity index (χ0) is 19.6. The quantitative estimate of drug-likeness (QED) is 0.852. The van der Waals surface area contributed by atoms with Crippen molar-refractivity contribution in [1.82, 2.24) is 4.31 Å². The van der Waals surface area contributed by atoms with Gasteiger partial charge in [0.25, 0.3) is 5.91 Å². The maximum Gasteiger partial charge on any atom is 0.259 e. The van der Waals surface area contributed by atoms with Crippen molar-refractivity contribution in [3.8, 4) is 5.75 Å². The van der Waals surface area contributed by atoms with Crippen LogP contribution in [0.4, 0.5) is 5.69 Å². The van der Waals surface area contributed by atoms with E-state index in [0.29, 0.717) is 24.5 Å². The molecular formula is C20H24N2O4S. The van der Waals surface area contributed by atoms with Crippen LogP contribution in [0, 0.1) is 13.8 Å². The molecule has 0 radical (unpaired) electrons. The second kappa shape index (κ2) is 7.70. The van der Waals surface area contributed by atoms with E-state index in [2.05, 4.69) is 5.32 Å². The highest BCUT2D eigenvalue weighted by molar-refractivity contribution is 7.89. The Morgan fingerprint density at radius 1 is 1.11 bits per heavy atom. The topological polar surface area (TPSA) is 75.7 Å². The van der Waals surface area contributed by atoms with E-state index >= 15 is 0 Å². The van der Waals surface area contributed by atoms with Crippen LogP contribution >= 0.6 is 0 Å². The van der Waals surface area contributed by atoms with Gasteiger partial charge in [0.1, 0.15) is 5.75 Å². The second-order valence-electron chi connectivity index (χ2n) is 6.67. The normalized spacial score (nSPS) is 14.9. The zero-order valence-electron chi connectivity index (χ0n) is 15.8. The molecule has 2 aromatic carbocycles. The van der Waals surface area contributed by atoms with Gasteiger partial charge in [-0.1, -0.05) is 12.1 Å². The molecule has 3 rings (SSSR count). The van der Waals surface area contributed by atoms with Gasteiger partial charge >= 0.3 is 0 Å². The van der Waals surface area contributed by atoms with Gasteiger partial charge in [-0.05, 0) is 62.1 Å². The van der Waals surface area contributed by atoms with Crippen molar-refractivity contribution in [2.75, 3.05) is 25.5 Å². The Bertz CT molecular complexity index is 964. The zero-order valence-corrected chi connectivity index (χ0v) is 16.6. The smallest absolute Gasteiger partial charge is 0.259 e. The fourth-order valence-corrected chi connectivity index (χ4v) is 4.72. The lowest BCUT2D eigenvalue weighted by Crippen LogP contribution is -2.28. The number of sulfonamides is 1. The molecule has 0 aromatic heterocycles. The third-order valence-electron chi connectivity index (χ3n) is 4.97. The van der Waals surface area contributed by atoms with E-state index in [-0.39, 0.29) is 10.5 Å². The highest BCUT2D eigenvalue weighted by atomic mass is 32.2. The Labute approximate surface area is 160 Å². The Kier molecular flexibility index (Phi) is 5.53. The van der Waals surface area contributed by atoms with Gasteiger partial charge in [-0.2, -0.15) is 4.31 Å². The van der Waals surface area contributed by atoms with Crippen LogP contribution in [0.25, 0.3) is 0 Å². The molecule has 1 aliphatic heterocycles. The van der Waals surface area contributed by atoms with E-state index in [1.807, 2.05) is 32.0 Å². The van der Waals surface area contributed by atoms with Crippen molar-refractivity contribution >= 4 is 21.6 Å². The van der Waals surface area contributed by atoms with Gasteiger partial charge in [0, 0.05) is 18.8 Å². The molecular weight excluding hydrogens is 364 g/mol. The first-order chi connectivity index (χ1) is 12.8. The summed E-state index contributed by atoms with van der Waals surface area (Å²) in [6.07, 6.45) is 1.71. The molecule has 144 valence electrons. The molecule has 27 heavy (non-hydrogen) atoms. The summed E-state index contributed by atoms with van der Waals surface area (Å²) < 4.78 is 32.4.